The first-order valence-electron chi connectivity index (χ1n) is 10.7. The summed E-state index contributed by atoms with van der Waals surface area (Å²) in [5, 5.41) is 17.5. The first kappa shape index (κ1) is 23.6. The van der Waals surface area contributed by atoms with E-state index in [9.17, 15) is 27.9 Å². The Bertz CT molecular complexity index is 1270. The molecule has 7 nitrogen and oxygen atoms in total. The maximum atomic E-state index is 13.9. The van der Waals surface area contributed by atoms with Gasteiger partial charge >= 0.3 is 0 Å². The zero-order valence-corrected chi connectivity index (χ0v) is 18.5. The molecule has 0 spiro atoms. The number of aliphatic hydroxyl groups is 1. The summed E-state index contributed by atoms with van der Waals surface area (Å²) in [7, 11) is 0. The third-order valence-corrected chi connectivity index (χ3v) is 5.66. The van der Waals surface area contributed by atoms with E-state index < -0.39 is 41.0 Å². The lowest BCUT2D eigenvalue weighted by Crippen LogP contribution is -2.51. The molecular formula is C24H23F3N4O3. The molecule has 0 unspecified atom stereocenters. The van der Waals surface area contributed by atoms with E-state index >= 15 is 0 Å². The van der Waals surface area contributed by atoms with Crippen LogP contribution in [0, 0.1) is 11.7 Å². The van der Waals surface area contributed by atoms with Gasteiger partial charge in [-0.3, -0.25) is 14.6 Å². The van der Waals surface area contributed by atoms with Crippen LogP contribution in [0.4, 0.5) is 13.2 Å². The van der Waals surface area contributed by atoms with Crippen molar-refractivity contribution in [3.05, 3.63) is 76.1 Å². The Balaban J connectivity index is 1.81. The van der Waals surface area contributed by atoms with Crippen LogP contribution in [-0.2, 0) is 0 Å². The number of hydrogen-bond acceptors (Lipinski definition) is 5. The van der Waals surface area contributed by atoms with Gasteiger partial charge in [-0.15, -0.1) is 0 Å². The Morgan fingerprint density at radius 2 is 1.94 bits per heavy atom. The monoisotopic (exact) mass is 472 g/mol. The minimum atomic E-state index is -2.76. The SMILES string of the molecule is CC(C)(O)[C@@H](NC(=O)c1cc(-c2ccc(C(F)F)nc2)nn(-c2cccc(F)c2)c1=O)C1CC1. The lowest BCUT2D eigenvalue weighted by Gasteiger charge is -2.30. The second kappa shape index (κ2) is 9.02. The summed E-state index contributed by atoms with van der Waals surface area (Å²) in [6.07, 6.45) is 0.0829. The molecule has 4 rings (SSSR count). The van der Waals surface area contributed by atoms with E-state index in [1.807, 2.05) is 0 Å². The molecule has 0 radical (unpaired) electrons. The van der Waals surface area contributed by atoms with Crippen LogP contribution >= 0.6 is 0 Å². The highest BCUT2D eigenvalue weighted by Crippen LogP contribution is 2.37. The molecule has 1 atom stereocenters. The number of alkyl halides is 2. The summed E-state index contributed by atoms with van der Waals surface area (Å²) >= 11 is 0. The van der Waals surface area contributed by atoms with Crippen molar-refractivity contribution in [3.63, 3.8) is 0 Å². The van der Waals surface area contributed by atoms with Crippen LogP contribution < -0.4 is 10.9 Å². The van der Waals surface area contributed by atoms with Crippen LogP contribution in [0.2, 0.25) is 0 Å². The van der Waals surface area contributed by atoms with E-state index in [0.29, 0.717) is 0 Å². The molecule has 0 aliphatic heterocycles. The quantitative estimate of drug-likeness (QED) is 0.547. The van der Waals surface area contributed by atoms with Gasteiger partial charge in [-0.1, -0.05) is 6.07 Å². The van der Waals surface area contributed by atoms with E-state index in [2.05, 4.69) is 15.4 Å². The van der Waals surface area contributed by atoms with E-state index in [-0.39, 0.29) is 28.4 Å². The number of carbonyl (C=O) groups excluding carboxylic acids is 1. The number of nitrogens with zero attached hydrogens (tertiary/aromatic N) is 3. The van der Waals surface area contributed by atoms with Crippen LogP contribution in [0.1, 0.15) is 49.2 Å². The molecule has 1 aliphatic rings. The Kier molecular flexibility index (Phi) is 6.26. The highest BCUT2D eigenvalue weighted by atomic mass is 19.3. The van der Waals surface area contributed by atoms with Gasteiger partial charge in [0.05, 0.1) is 23.0 Å². The van der Waals surface area contributed by atoms with Gasteiger partial charge in [-0.25, -0.2) is 13.2 Å². The molecule has 10 heteroatoms. The topological polar surface area (TPSA) is 97.1 Å². The van der Waals surface area contributed by atoms with Crippen molar-refractivity contribution in [2.24, 2.45) is 5.92 Å². The molecular weight excluding hydrogens is 449 g/mol. The summed E-state index contributed by atoms with van der Waals surface area (Å²) in [6.45, 7) is 3.16. The van der Waals surface area contributed by atoms with Gasteiger partial charge in [0.1, 0.15) is 17.1 Å². The van der Waals surface area contributed by atoms with E-state index in [1.165, 1.54) is 30.3 Å². The smallest absolute Gasteiger partial charge is 0.284 e. The predicted octanol–water partition coefficient (Wildman–Crippen LogP) is 3.65. The molecule has 0 saturated heterocycles. The number of hydrogen-bond donors (Lipinski definition) is 2. The number of rotatable bonds is 7. The van der Waals surface area contributed by atoms with E-state index in [4.69, 9.17) is 0 Å². The molecule has 0 bridgehead atoms. The van der Waals surface area contributed by atoms with Crippen molar-refractivity contribution in [1.29, 1.82) is 0 Å². The number of aromatic nitrogens is 3. The van der Waals surface area contributed by atoms with Gasteiger partial charge in [0, 0.05) is 11.8 Å². The fourth-order valence-electron chi connectivity index (χ4n) is 3.79. The van der Waals surface area contributed by atoms with E-state index in [1.54, 1.807) is 13.8 Å². The van der Waals surface area contributed by atoms with Crippen LogP contribution in [0.5, 0.6) is 0 Å². The van der Waals surface area contributed by atoms with Crippen molar-refractivity contribution < 1.29 is 23.1 Å². The highest BCUT2D eigenvalue weighted by Gasteiger charge is 2.41. The Morgan fingerprint density at radius 1 is 1.21 bits per heavy atom. The van der Waals surface area contributed by atoms with Crippen molar-refractivity contribution in [2.75, 3.05) is 0 Å². The standard InChI is InChI=1S/C24H23F3N4O3/c1-24(2,34)20(13-6-7-13)29-22(32)17-11-19(14-8-9-18(21(26)27)28-12-14)30-31(23(17)33)16-5-3-4-15(25)10-16/h3-5,8-13,20-21,34H,6-7H2,1-2H3,(H,29,32)/t20-/m0/s1. The minimum absolute atomic E-state index is 0.0827. The Labute approximate surface area is 193 Å². The second-order valence-electron chi connectivity index (χ2n) is 8.85. The minimum Gasteiger partial charge on any atom is -0.388 e. The Morgan fingerprint density at radius 3 is 2.50 bits per heavy atom. The number of pyridine rings is 1. The maximum Gasteiger partial charge on any atom is 0.284 e. The van der Waals surface area contributed by atoms with Gasteiger partial charge in [-0.2, -0.15) is 9.78 Å². The number of nitrogens with one attached hydrogen (secondary N) is 1. The molecule has 3 aromatic rings. The summed E-state index contributed by atoms with van der Waals surface area (Å²) in [5.74, 6) is -1.25. The molecule has 1 aromatic carbocycles. The zero-order chi connectivity index (χ0) is 24.6. The lowest BCUT2D eigenvalue weighted by molar-refractivity contribution is 0.0275. The average molecular weight is 472 g/mol. The number of amides is 1. The second-order valence-corrected chi connectivity index (χ2v) is 8.85. The van der Waals surface area contributed by atoms with Crippen molar-refractivity contribution in [3.8, 4) is 16.9 Å². The van der Waals surface area contributed by atoms with Gasteiger partial charge in [0.25, 0.3) is 17.9 Å². The fraction of sp³-hybridized carbons (Fsp3) is 0.333. The fourth-order valence-corrected chi connectivity index (χ4v) is 3.79. The summed E-state index contributed by atoms with van der Waals surface area (Å²) in [5.41, 5.74) is -2.27. The molecule has 2 heterocycles. The van der Waals surface area contributed by atoms with Gasteiger partial charge in [0.2, 0.25) is 0 Å². The predicted molar refractivity (Wildman–Crippen MR) is 118 cm³/mol. The summed E-state index contributed by atoms with van der Waals surface area (Å²) in [4.78, 5) is 30.1. The van der Waals surface area contributed by atoms with Crippen molar-refractivity contribution in [2.45, 2.75) is 44.8 Å². The summed E-state index contributed by atoms with van der Waals surface area (Å²) < 4.78 is 40.5. The largest absolute Gasteiger partial charge is 0.388 e. The normalized spacial score (nSPS) is 14.8. The molecule has 1 saturated carbocycles. The van der Waals surface area contributed by atoms with Gasteiger partial charge in [-0.05, 0) is 69.0 Å². The van der Waals surface area contributed by atoms with Crippen LogP contribution in [0.15, 0.2) is 53.5 Å². The molecule has 1 aliphatic carbocycles. The lowest BCUT2D eigenvalue weighted by atomic mass is 9.94. The van der Waals surface area contributed by atoms with Crippen LogP contribution in [0.3, 0.4) is 0 Å². The number of halogens is 3. The van der Waals surface area contributed by atoms with Crippen LogP contribution in [0.25, 0.3) is 16.9 Å². The zero-order valence-electron chi connectivity index (χ0n) is 18.5. The third-order valence-electron chi connectivity index (χ3n) is 5.66. The van der Waals surface area contributed by atoms with Crippen molar-refractivity contribution in [1.82, 2.24) is 20.1 Å². The number of carbonyl (C=O) groups is 1. The highest BCUT2D eigenvalue weighted by molar-refractivity contribution is 5.95. The molecule has 2 aromatic heterocycles. The molecule has 1 fully saturated rings. The average Bonchev–Trinajstić information content (AvgIpc) is 3.62. The first-order valence-corrected chi connectivity index (χ1v) is 10.7. The third kappa shape index (κ3) is 5.01. The van der Waals surface area contributed by atoms with Gasteiger partial charge in [0.15, 0.2) is 0 Å². The van der Waals surface area contributed by atoms with Crippen molar-refractivity contribution >= 4 is 5.91 Å². The van der Waals surface area contributed by atoms with Crippen LogP contribution in [-0.4, -0.2) is 37.4 Å². The molecule has 178 valence electrons. The maximum absolute atomic E-state index is 13.9. The molecule has 1 amide bonds. The molecule has 34 heavy (non-hydrogen) atoms. The van der Waals surface area contributed by atoms with Gasteiger partial charge < -0.3 is 10.4 Å². The Hall–Kier alpha value is -3.53. The number of benzene rings is 1. The summed E-state index contributed by atoms with van der Waals surface area (Å²) in [6, 6.07) is 8.25. The molecule has 2 N–H and O–H groups in total. The first-order chi connectivity index (χ1) is 16.0. The van der Waals surface area contributed by atoms with E-state index in [0.717, 1.165) is 35.9 Å².